The fourth-order valence-corrected chi connectivity index (χ4v) is 5.53. The number of carbonyl (C=O) groups excluding carboxylic acids is 3. The van der Waals surface area contributed by atoms with Crippen molar-refractivity contribution in [2.75, 3.05) is 12.3 Å². The van der Waals surface area contributed by atoms with Gasteiger partial charge in [-0.25, -0.2) is 0 Å². The van der Waals surface area contributed by atoms with Gasteiger partial charge >= 0.3 is 0 Å². The van der Waals surface area contributed by atoms with E-state index in [0.717, 1.165) is 12.8 Å². The lowest BCUT2D eigenvalue weighted by Crippen LogP contribution is -2.65. The molecule has 3 aliphatic carbocycles. The Balaban J connectivity index is 1.84. The lowest BCUT2D eigenvalue weighted by atomic mass is 9.58. The van der Waals surface area contributed by atoms with Gasteiger partial charge in [0, 0.05) is 29.3 Å². The number of aliphatic hydroxyl groups is 3. The number of rotatable bonds is 6. The minimum Gasteiger partial charge on any atom is -0.508 e. The van der Waals surface area contributed by atoms with Crippen LogP contribution in [0.3, 0.4) is 0 Å². The monoisotopic (exact) mass is 486 g/mol. The van der Waals surface area contributed by atoms with Gasteiger partial charge in [-0.3, -0.25) is 14.4 Å². The van der Waals surface area contributed by atoms with Crippen LogP contribution in [0.2, 0.25) is 0 Å². The molecule has 188 valence electrons. The van der Waals surface area contributed by atoms with Crippen LogP contribution < -0.4 is 22.5 Å². The van der Waals surface area contributed by atoms with Gasteiger partial charge in [-0.15, -0.1) is 0 Å². The number of hydrogen-bond donors (Lipinski definition) is 8. The molecule has 1 saturated carbocycles. The number of unbranched alkanes of at least 4 members (excludes halogenated alkanes) is 1. The molecule has 2 unspecified atom stereocenters. The van der Waals surface area contributed by atoms with Gasteiger partial charge in [0.1, 0.15) is 22.8 Å². The fourth-order valence-electron chi connectivity index (χ4n) is 5.53. The molecule has 11 heteroatoms. The zero-order valence-corrected chi connectivity index (χ0v) is 19.3. The van der Waals surface area contributed by atoms with E-state index in [1.165, 1.54) is 0 Å². The second kappa shape index (κ2) is 8.67. The molecule has 1 aromatic rings. The summed E-state index contributed by atoms with van der Waals surface area (Å²) in [5.74, 6) is -7.36. The highest BCUT2D eigenvalue weighted by Gasteiger charge is 2.63. The third-order valence-corrected chi connectivity index (χ3v) is 7.39. The van der Waals surface area contributed by atoms with E-state index in [1.807, 2.05) is 6.92 Å². The van der Waals surface area contributed by atoms with Gasteiger partial charge < -0.3 is 42.9 Å². The topological polar surface area (TPSA) is 222 Å². The zero-order chi connectivity index (χ0) is 25.8. The van der Waals surface area contributed by atoms with Gasteiger partial charge in [0.2, 0.25) is 5.78 Å². The number of anilines is 1. The van der Waals surface area contributed by atoms with Crippen molar-refractivity contribution in [2.45, 2.75) is 50.8 Å². The summed E-state index contributed by atoms with van der Waals surface area (Å²) >= 11 is 0. The van der Waals surface area contributed by atoms with Crippen molar-refractivity contribution in [2.24, 2.45) is 23.3 Å². The highest BCUT2D eigenvalue weighted by Crippen LogP contribution is 2.52. The number of phenolic OH excluding ortho intramolecular Hbond substituents is 1. The van der Waals surface area contributed by atoms with Crippen molar-refractivity contribution in [3.63, 3.8) is 0 Å². The second-order valence-electron chi connectivity index (χ2n) is 9.44. The van der Waals surface area contributed by atoms with Crippen LogP contribution in [0.1, 0.15) is 42.9 Å². The van der Waals surface area contributed by atoms with E-state index in [1.54, 1.807) is 6.07 Å². The number of nitrogen functional groups attached to an aromatic ring is 1. The molecule has 3 aliphatic rings. The molecule has 35 heavy (non-hydrogen) atoms. The molecule has 4 rings (SSSR count). The molecule has 0 aliphatic heterocycles. The molecular weight excluding hydrogens is 456 g/mol. The molecule has 0 heterocycles. The summed E-state index contributed by atoms with van der Waals surface area (Å²) in [5.41, 5.74) is 14.7. The average molecular weight is 487 g/mol. The van der Waals surface area contributed by atoms with E-state index < -0.39 is 58.0 Å². The molecule has 0 bridgehead atoms. The normalized spacial score (nSPS) is 28.0. The van der Waals surface area contributed by atoms with Crippen LogP contribution in [-0.4, -0.2) is 56.1 Å². The molecule has 1 aromatic carbocycles. The number of ketones is 2. The van der Waals surface area contributed by atoms with Gasteiger partial charge in [-0.1, -0.05) is 13.3 Å². The Bertz CT molecular complexity index is 1200. The summed E-state index contributed by atoms with van der Waals surface area (Å²) < 4.78 is 0. The number of fused-ring (bicyclic) bond motifs is 3. The number of aromatic hydroxyl groups is 1. The summed E-state index contributed by atoms with van der Waals surface area (Å²) in [6.07, 6.45) is 1.98. The number of benzene rings is 1. The third kappa shape index (κ3) is 3.49. The van der Waals surface area contributed by atoms with Crippen LogP contribution in [0.5, 0.6) is 5.75 Å². The van der Waals surface area contributed by atoms with Crippen molar-refractivity contribution in [1.82, 2.24) is 5.32 Å². The SMILES string of the molecule is CCCCNCc1cc(N)c2c(c1O)C(O)=C1C(=O)[C@]3(O)C(O)=C(C(N)=O)C(=O)C(N)[C@@H]3CC1C2. The second-order valence-corrected chi connectivity index (χ2v) is 9.44. The Morgan fingerprint density at radius 2 is 1.94 bits per heavy atom. The first-order valence-electron chi connectivity index (χ1n) is 11.5. The van der Waals surface area contributed by atoms with E-state index in [9.17, 15) is 34.8 Å². The predicted octanol–water partition coefficient (Wildman–Crippen LogP) is -0.167. The number of primary amides is 1. The van der Waals surface area contributed by atoms with E-state index in [-0.39, 0.29) is 36.3 Å². The third-order valence-electron chi connectivity index (χ3n) is 7.39. The molecule has 11 N–H and O–H groups in total. The molecule has 1 fully saturated rings. The van der Waals surface area contributed by atoms with Gasteiger partial charge in [-0.2, -0.15) is 0 Å². The number of hydrogen-bond acceptors (Lipinski definition) is 10. The number of nitrogens with two attached hydrogens (primary N) is 3. The predicted molar refractivity (Wildman–Crippen MR) is 126 cm³/mol. The standard InChI is InChI=1S/C24H30N4O7/c1-2-3-4-28-8-10-7-13(25)11-5-9-6-12-17(26)20(31)16(23(27)34)22(33)24(12,35)21(32)14(9)19(30)15(11)18(10)29/h7,9,12,17,28-30,33,35H,2-6,8,25-26H2,1H3,(H2,27,34)/t9?,12-,17?,24-/m0/s1. The molecule has 0 spiro atoms. The van der Waals surface area contributed by atoms with Gasteiger partial charge in [0.05, 0.1) is 11.6 Å². The van der Waals surface area contributed by atoms with E-state index in [2.05, 4.69) is 5.32 Å². The molecule has 0 saturated heterocycles. The first-order chi connectivity index (χ1) is 16.5. The van der Waals surface area contributed by atoms with Crippen LogP contribution in [0, 0.1) is 11.8 Å². The molecule has 11 nitrogen and oxygen atoms in total. The van der Waals surface area contributed by atoms with E-state index in [4.69, 9.17) is 17.2 Å². The summed E-state index contributed by atoms with van der Waals surface area (Å²) in [7, 11) is 0. The van der Waals surface area contributed by atoms with Crippen molar-refractivity contribution in [3.8, 4) is 5.75 Å². The lowest BCUT2D eigenvalue weighted by Gasteiger charge is -2.48. The molecule has 0 radical (unpaired) electrons. The molecular formula is C24H30N4O7. The van der Waals surface area contributed by atoms with E-state index in [0.29, 0.717) is 23.4 Å². The quantitative estimate of drug-likeness (QED) is 0.115. The van der Waals surface area contributed by atoms with Gasteiger partial charge in [0.25, 0.3) is 5.91 Å². The van der Waals surface area contributed by atoms with Crippen LogP contribution >= 0.6 is 0 Å². The number of Topliss-reactive ketones (excluding diaryl/α,β-unsaturated/α-hetero) is 2. The summed E-state index contributed by atoms with van der Waals surface area (Å²) in [6, 6.07) is 0.130. The number of phenols is 1. The van der Waals surface area contributed by atoms with Gasteiger partial charge in [0.15, 0.2) is 11.4 Å². The number of carbonyl (C=O) groups is 3. The largest absolute Gasteiger partial charge is 0.508 e. The Hall–Kier alpha value is -3.41. The summed E-state index contributed by atoms with van der Waals surface area (Å²) in [4.78, 5) is 38.0. The smallest absolute Gasteiger partial charge is 0.255 e. The Kier molecular flexibility index (Phi) is 6.12. The summed E-state index contributed by atoms with van der Waals surface area (Å²) in [6.45, 7) is 3.03. The maximum Gasteiger partial charge on any atom is 0.255 e. The minimum absolute atomic E-state index is 0.0197. The molecule has 4 atom stereocenters. The highest BCUT2D eigenvalue weighted by atomic mass is 16.3. The number of aliphatic hydroxyl groups excluding tert-OH is 2. The summed E-state index contributed by atoms with van der Waals surface area (Å²) in [5, 5.41) is 47.3. The lowest BCUT2D eigenvalue weighted by molar-refractivity contribution is -0.149. The maximum absolute atomic E-state index is 13.6. The van der Waals surface area contributed by atoms with Crippen LogP contribution in [0.15, 0.2) is 23.0 Å². The Labute approximate surface area is 201 Å². The highest BCUT2D eigenvalue weighted by molar-refractivity contribution is 6.24. The van der Waals surface area contributed by atoms with Crippen molar-refractivity contribution in [1.29, 1.82) is 0 Å². The van der Waals surface area contributed by atoms with Crippen LogP contribution in [0.25, 0.3) is 5.76 Å². The van der Waals surface area contributed by atoms with E-state index >= 15 is 0 Å². The fraction of sp³-hybridized carbons (Fsp3) is 0.458. The first-order valence-corrected chi connectivity index (χ1v) is 11.5. The molecule has 1 amide bonds. The van der Waals surface area contributed by atoms with Crippen molar-refractivity contribution >= 4 is 28.9 Å². The minimum atomic E-state index is -2.73. The maximum atomic E-state index is 13.6. The number of amides is 1. The zero-order valence-electron chi connectivity index (χ0n) is 19.3. The van der Waals surface area contributed by atoms with Crippen molar-refractivity contribution < 1.29 is 34.8 Å². The first kappa shape index (κ1) is 24.7. The molecule has 0 aromatic heterocycles. The van der Waals surface area contributed by atoms with Crippen molar-refractivity contribution in [3.05, 3.63) is 39.7 Å². The number of nitrogens with one attached hydrogen (secondary N) is 1. The Morgan fingerprint density at radius 3 is 2.57 bits per heavy atom. The van der Waals surface area contributed by atoms with Crippen LogP contribution in [0.4, 0.5) is 5.69 Å². The van der Waals surface area contributed by atoms with Crippen LogP contribution in [-0.2, 0) is 27.3 Å². The van der Waals surface area contributed by atoms with Gasteiger partial charge in [-0.05, 0) is 43.4 Å². The average Bonchev–Trinajstić information content (AvgIpc) is 2.80. The Morgan fingerprint density at radius 1 is 1.26 bits per heavy atom.